The zero-order chi connectivity index (χ0) is 19.9. The number of carboxylic acid groups (broad SMARTS) is 1. The van der Waals surface area contributed by atoms with Crippen molar-refractivity contribution in [3.63, 3.8) is 0 Å². The molecule has 9 heteroatoms. The molecular weight excluding hydrogens is 366 g/mol. The van der Waals surface area contributed by atoms with Crippen LogP contribution in [0.25, 0.3) is 0 Å². The highest BCUT2D eigenvalue weighted by Gasteiger charge is 2.11. The molecule has 0 heterocycles. The number of carboxylic acids is 1. The number of benzene rings is 2. The first-order valence-electron chi connectivity index (χ1n) is 7.31. The quantitative estimate of drug-likeness (QED) is 0.508. The first kappa shape index (κ1) is 20.9. The summed E-state index contributed by atoms with van der Waals surface area (Å²) in [4.78, 5) is 21.5. The molecule has 8 nitrogen and oxygen atoms in total. The summed E-state index contributed by atoms with van der Waals surface area (Å²) in [6.45, 7) is 3.58. The predicted octanol–water partition coefficient (Wildman–Crippen LogP) is 3.80. The number of phenolic OH excluding ortho intramolecular Hbond substituents is 3. The van der Waals surface area contributed by atoms with Crippen molar-refractivity contribution in [1.29, 1.82) is 0 Å². The third-order valence-corrected chi connectivity index (χ3v) is 2.97. The average molecular weight is 384 g/mol. The van der Waals surface area contributed by atoms with E-state index in [0.717, 1.165) is 12.1 Å². The average Bonchev–Trinajstić information content (AvgIpc) is 2.51. The summed E-state index contributed by atoms with van der Waals surface area (Å²) >= 11 is 5.74. The van der Waals surface area contributed by atoms with Crippen molar-refractivity contribution < 1.29 is 34.8 Å². The molecule has 5 N–H and O–H groups in total. The van der Waals surface area contributed by atoms with Crippen molar-refractivity contribution in [2.24, 2.45) is 0 Å². The number of phenols is 3. The number of anilines is 1. The highest BCUT2D eigenvalue weighted by Crippen LogP contribution is 2.35. The zero-order valence-electron chi connectivity index (χ0n) is 13.9. The normalized spacial score (nSPS) is 9.85. The van der Waals surface area contributed by atoms with Gasteiger partial charge in [0.1, 0.15) is 0 Å². The maximum atomic E-state index is 11.2. The smallest absolute Gasteiger partial charge is 0.411 e. The molecule has 0 aliphatic rings. The molecule has 140 valence electrons. The topological polar surface area (TPSA) is 136 Å². The molecule has 0 aliphatic heterocycles. The van der Waals surface area contributed by atoms with Gasteiger partial charge in [0, 0.05) is 10.7 Å². The number of aromatic carboxylic acids is 1. The first-order chi connectivity index (χ1) is 12.1. The SMILES string of the molecule is CC(C)OC(=O)Nc1cccc(Cl)c1.O=C(O)c1cc(O)c(O)c(O)c1. The molecule has 0 saturated carbocycles. The largest absolute Gasteiger partial charge is 0.504 e. The van der Waals surface area contributed by atoms with Gasteiger partial charge in [0.15, 0.2) is 17.2 Å². The number of carbonyl (C=O) groups is 2. The van der Waals surface area contributed by atoms with Crippen LogP contribution in [-0.4, -0.2) is 38.6 Å². The Kier molecular flexibility index (Phi) is 7.54. The molecule has 0 unspecified atom stereocenters. The number of hydrogen-bond acceptors (Lipinski definition) is 6. The van der Waals surface area contributed by atoms with E-state index >= 15 is 0 Å². The lowest BCUT2D eigenvalue weighted by Gasteiger charge is -2.09. The van der Waals surface area contributed by atoms with Crippen LogP contribution < -0.4 is 5.32 Å². The molecule has 0 aliphatic carbocycles. The Morgan fingerprint density at radius 1 is 1.08 bits per heavy atom. The Morgan fingerprint density at radius 2 is 1.65 bits per heavy atom. The second-order valence-corrected chi connectivity index (χ2v) is 5.69. The van der Waals surface area contributed by atoms with E-state index in [1.54, 1.807) is 38.1 Å². The number of rotatable bonds is 3. The lowest BCUT2D eigenvalue weighted by Crippen LogP contribution is -2.17. The second kappa shape index (κ2) is 9.38. The van der Waals surface area contributed by atoms with Gasteiger partial charge in [-0.2, -0.15) is 0 Å². The van der Waals surface area contributed by atoms with Crippen molar-refractivity contribution in [3.8, 4) is 17.2 Å². The van der Waals surface area contributed by atoms with Gasteiger partial charge in [0.2, 0.25) is 0 Å². The number of nitrogens with one attached hydrogen (secondary N) is 1. The second-order valence-electron chi connectivity index (χ2n) is 5.26. The fourth-order valence-corrected chi connectivity index (χ4v) is 1.85. The third kappa shape index (κ3) is 6.78. The highest BCUT2D eigenvalue weighted by atomic mass is 35.5. The van der Waals surface area contributed by atoms with Crippen molar-refractivity contribution in [2.75, 3.05) is 5.32 Å². The van der Waals surface area contributed by atoms with Crippen molar-refractivity contribution in [2.45, 2.75) is 20.0 Å². The van der Waals surface area contributed by atoms with Crippen LogP contribution in [0.5, 0.6) is 17.2 Å². The summed E-state index contributed by atoms with van der Waals surface area (Å²) < 4.78 is 4.90. The molecule has 0 atom stereocenters. The molecule has 0 saturated heterocycles. The Bertz CT molecular complexity index is 769. The number of carbonyl (C=O) groups excluding carboxylic acids is 1. The van der Waals surface area contributed by atoms with Crippen LogP contribution >= 0.6 is 11.6 Å². The molecule has 0 spiro atoms. The highest BCUT2D eigenvalue weighted by molar-refractivity contribution is 6.30. The Morgan fingerprint density at radius 3 is 2.12 bits per heavy atom. The molecule has 2 aromatic carbocycles. The van der Waals surface area contributed by atoms with E-state index in [-0.39, 0.29) is 11.7 Å². The van der Waals surface area contributed by atoms with E-state index in [2.05, 4.69) is 5.32 Å². The van der Waals surface area contributed by atoms with Crippen molar-refractivity contribution in [1.82, 2.24) is 0 Å². The Hall–Kier alpha value is -3.13. The van der Waals surface area contributed by atoms with Crippen LogP contribution in [0.4, 0.5) is 10.5 Å². The van der Waals surface area contributed by atoms with Crippen LogP contribution in [0.1, 0.15) is 24.2 Å². The van der Waals surface area contributed by atoms with Gasteiger partial charge in [-0.05, 0) is 44.2 Å². The minimum atomic E-state index is -1.29. The van der Waals surface area contributed by atoms with Gasteiger partial charge in [-0.3, -0.25) is 5.32 Å². The zero-order valence-corrected chi connectivity index (χ0v) is 14.7. The predicted molar refractivity (Wildman–Crippen MR) is 95.1 cm³/mol. The molecule has 0 radical (unpaired) electrons. The van der Waals surface area contributed by atoms with Gasteiger partial charge in [-0.15, -0.1) is 0 Å². The van der Waals surface area contributed by atoms with Gasteiger partial charge in [-0.1, -0.05) is 17.7 Å². The lowest BCUT2D eigenvalue weighted by atomic mass is 10.2. The van der Waals surface area contributed by atoms with Gasteiger partial charge in [0.05, 0.1) is 11.7 Å². The lowest BCUT2D eigenvalue weighted by molar-refractivity contribution is 0.0695. The maximum absolute atomic E-state index is 11.2. The number of halogens is 1. The summed E-state index contributed by atoms with van der Waals surface area (Å²) in [5, 5.41) is 38.1. The van der Waals surface area contributed by atoms with E-state index in [4.69, 9.17) is 36.8 Å². The summed E-state index contributed by atoms with van der Waals surface area (Å²) in [6.07, 6.45) is -0.601. The number of amides is 1. The molecule has 2 rings (SSSR count). The number of hydrogen-bond donors (Lipinski definition) is 5. The molecule has 26 heavy (non-hydrogen) atoms. The van der Waals surface area contributed by atoms with Crippen molar-refractivity contribution >= 4 is 29.4 Å². The standard InChI is InChI=1S/C10H12ClNO2.C7H6O5/c1-7(2)14-10(13)12-9-5-3-4-8(11)6-9;8-4-1-3(7(11)12)2-5(9)6(4)10/h3-7H,1-2H3,(H,12,13);1-2,8-10H,(H,11,12). The van der Waals surface area contributed by atoms with E-state index in [1.165, 1.54) is 0 Å². The van der Waals surface area contributed by atoms with Crippen molar-refractivity contribution in [3.05, 3.63) is 47.0 Å². The molecule has 0 aromatic heterocycles. The van der Waals surface area contributed by atoms with Crippen LogP contribution in [0.2, 0.25) is 5.02 Å². The fourth-order valence-electron chi connectivity index (χ4n) is 1.66. The van der Waals surface area contributed by atoms with Crippen LogP contribution in [0.3, 0.4) is 0 Å². The summed E-state index contributed by atoms with van der Waals surface area (Å²) in [5.74, 6) is -3.33. The van der Waals surface area contributed by atoms with Gasteiger partial charge < -0.3 is 25.2 Å². The molecule has 0 bridgehead atoms. The molecule has 0 fully saturated rings. The Labute approximate surface area is 154 Å². The molecule has 2 aromatic rings. The van der Waals surface area contributed by atoms with Crippen LogP contribution in [0, 0.1) is 0 Å². The van der Waals surface area contributed by atoms with Crippen LogP contribution in [0.15, 0.2) is 36.4 Å². The summed E-state index contributed by atoms with van der Waals surface area (Å²) in [7, 11) is 0. The third-order valence-electron chi connectivity index (χ3n) is 2.73. The van der Waals surface area contributed by atoms with E-state index in [1.807, 2.05) is 0 Å². The Balaban J connectivity index is 0.000000263. The van der Waals surface area contributed by atoms with E-state index < -0.39 is 29.3 Å². The number of ether oxygens (including phenoxy) is 1. The monoisotopic (exact) mass is 383 g/mol. The van der Waals surface area contributed by atoms with Gasteiger partial charge >= 0.3 is 12.1 Å². The minimum absolute atomic E-state index is 0.130. The van der Waals surface area contributed by atoms with Gasteiger partial charge in [-0.25, -0.2) is 9.59 Å². The summed E-state index contributed by atoms with van der Waals surface area (Å²) in [6, 6.07) is 8.58. The first-order valence-corrected chi connectivity index (χ1v) is 7.69. The van der Waals surface area contributed by atoms with E-state index in [9.17, 15) is 9.59 Å². The number of aromatic hydroxyl groups is 3. The van der Waals surface area contributed by atoms with Crippen LogP contribution in [-0.2, 0) is 4.74 Å². The molecular formula is C17H18ClNO7. The minimum Gasteiger partial charge on any atom is -0.504 e. The maximum Gasteiger partial charge on any atom is 0.411 e. The van der Waals surface area contributed by atoms with Gasteiger partial charge in [0.25, 0.3) is 0 Å². The van der Waals surface area contributed by atoms with E-state index in [0.29, 0.717) is 10.7 Å². The summed E-state index contributed by atoms with van der Waals surface area (Å²) in [5.41, 5.74) is 0.339. The molecule has 1 amide bonds. The fraction of sp³-hybridized carbons (Fsp3) is 0.176.